The van der Waals surface area contributed by atoms with E-state index in [1.165, 1.54) is 0 Å². The van der Waals surface area contributed by atoms with Crippen molar-refractivity contribution in [3.63, 3.8) is 0 Å². The topological polar surface area (TPSA) is 280 Å². The van der Waals surface area contributed by atoms with Gasteiger partial charge < -0.3 is 52.8 Å². The van der Waals surface area contributed by atoms with Crippen LogP contribution in [0.25, 0.3) is 0 Å². The van der Waals surface area contributed by atoms with Crippen LogP contribution in [0, 0.1) is 40.5 Å². The van der Waals surface area contributed by atoms with Crippen molar-refractivity contribution in [3.8, 4) is 0 Å². The van der Waals surface area contributed by atoms with Crippen LogP contribution in [-0.2, 0) is 16.8 Å². The Bertz CT molecular complexity index is 78.5. The van der Waals surface area contributed by atoms with Crippen LogP contribution in [-0.4, -0.2) is 0 Å². The maximum atomic E-state index is 8.00. The molecule has 0 rings (SSSR count). The molecule has 0 unspecified atom stereocenters. The average molecular weight is 316 g/mol. The van der Waals surface area contributed by atoms with E-state index in [9.17, 15) is 0 Å². The Morgan fingerprint density at radius 2 is 0.562 bits per heavy atom. The van der Waals surface area contributed by atoms with Crippen LogP contribution in [0.15, 0.2) is 21.4 Å². The molecule has 0 aromatic rings. The fraction of sp³-hybridized carbons (Fsp3) is 0. The molecule has 94 valence electrons. The predicted octanol–water partition coefficient (Wildman–Crippen LogP) is -1.67. The Balaban J connectivity index is -0.00000000821. The van der Waals surface area contributed by atoms with Gasteiger partial charge in [0, 0.05) is 0 Å². The van der Waals surface area contributed by atoms with Gasteiger partial charge in [-0.15, -0.1) is 21.4 Å². The zero-order valence-corrected chi connectivity index (χ0v) is 12.0. The van der Waals surface area contributed by atoms with Gasteiger partial charge in [-0.25, -0.2) is 0 Å². The third-order valence-electron chi connectivity index (χ3n) is 0. The summed E-state index contributed by atoms with van der Waals surface area (Å²) in [6.07, 6.45) is 0. The standard InChI is InChI=1S/Co.K.4HNO2.2H3N/c;;4*2-1-3;;/h;;4*(H,2,3);2*1H3/q+3;+1;;;;;;/p-4. The summed E-state index contributed by atoms with van der Waals surface area (Å²) in [7, 11) is 0. The molecule has 14 nitrogen and oxygen atoms in total. The maximum absolute atomic E-state index is 8.00. The maximum Gasteiger partial charge on any atom is 3.00 e. The van der Waals surface area contributed by atoms with Gasteiger partial charge in [0.25, 0.3) is 0 Å². The fourth-order valence-corrected chi connectivity index (χ4v) is 0. The van der Waals surface area contributed by atoms with Crippen molar-refractivity contribution < 1.29 is 68.2 Å². The van der Waals surface area contributed by atoms with Crippen LogP contribution in [0.5, 0.6) is 0 Å². The average Bonchev–Trinajstić information content (AvgIpc) is 1.92. The molecule has 0 aliphatic carbocycles. The second-order valence-corrected chi connectivity index (χ2v) is 0.298. The van der Waals surface area contributed by atoms with Gasteiger partial charge in [-0.05, 0) is 0 Å². The minimum absolute atomic E-state index is 0. The molecule has 0 aliphatic heterocycles. The van der Waals surface area contributed by atoms with Crippen LogP contribution >= 0.6 is 0 Å². The third kappa shape index (κ3) is 19300. The first-order chi connectivity index (χ1) is 5.66. The van der Waals surface area contributed by atoms with E-state index >= 15 is 0 Å². The van der Waals surface area contributed by atoms with E-state index < -0.39 is 0 Å². The molecule has 0 atom stereocenters. The minimum Gasteiger partial charge on any atom is -0.444 e. The summed E-state index contributed by atoms with van der Waals surface area (Å²) in [6.45, 7) is 0. The Kier molecular flexibility index (Phi) is 731. The molecule has 0 aliphatic rings. The summed E-state index contributed by atoms with van der Waals surface area (Å²) in [5.41, 5.74) is 0. The summed E-state index contributed by atoms with van der Waals surface area (Å²) in [5, 5.41) is 36.0. The van der Waals surface area contributed by atoms with E-state index in [1.807, 2.05) is 0 Å². The summed E-state index contributed by atoms with van der Waals surface area (Å²) in [6, 6.07) is 0. The normalized spacial score (nSPS) is 3.00. The Hall–Kier alpha value is -0.337. The van der Waals surface area contributed by atoms with E-state index in [2.05, 4.69) is 0 Å². The van der Waals surface area contributed by atoms with E-state index in [1.54, 1.807) is 0 Å². The monoisotopic (exact) mass is 316 g/mol. The molecular weight excluding hydrogens is 310 g/mol. The SMILES string of the molecule is N.N.O=N[O-].O=N[O-].O=N[O-].O=N[O-].[Co+3].[K+]. The Morgan fingerprint density at radius 1 is 0.562 bits per heavy atom. The zero-order chi connectivity index (χ0) is 10.8. The van der Waals surface area contributed by atoms with Crippen LogP contribution in [0.4, 0.5) is 0 Å². The molecule has 16 heavy (non-hydrogen) atoms. The predicted molar refractivity (Wildman–Crippen MR) is 46.7 cm³/mol. The van der Waals surface area contributed by atoms with Crippen molar-refractivity contribution in [2.24, 2.45) is 21.4 Å². The molecule has 0 aromatic carbocycles. The van der Waals surface area contributed by atoms with Gasteiger partial charge in [0.15, 0.2) is 0 Å². The van der Waals surface area contributed by atoms with Crippen LogP contribution in [0.2, 0.25) is 0 Å². The van der Waals surface area contributed by atoms with E-state index in [0.717, 1.165) is 21.4 Å². The summed E-state index contributed by atoms with van der Waals surface area (Å²) >= 11 is 0. The van der Waals surface area contributed by atoms with Crippen LogP contribution < -0.4 is 63.7 Å². The smallest absolute Gasteiger partial charge is 0.444 e. The number of nitrogens with zero attached hydrogens (tertiary/aromatic N) is 4. The second kappa shape index (κ2) is 204. The number of hydrogen-bond donors (Lipinski definition) is 2. The van der Waals surface area contributed by atoms with Crippen LogP contribution in [0.1, 0.15) is 0 Å². The molecule has 0 saturated heterocycles. The molecule has 0 radical (unpaired) electrons. The molecule has 0 aromatic heterocycles. The first-order valence-corrected chi connectivity index (χ1v) is 1.46. The molecule has 16 heteroatoms. The quantitative estimate of drug-likeness (QED) is 0.290. The molecule has 0 amide bonds. The van der Waals surface area contributed by atoms with Crippen molar-refractivity contribution >= 4 is 0 Å². The van der Waals surface area contributed by atoms with Crippen molar-refractivity contribution in [2.75, 3.05) is 0 Å². The van der Waals surface area contributed by atoms with Gasteiger partial charge in [0.2, 0.25) is 0 Å². The molecular formula is H6CoKN6O8. The number of rotatable bonds is 0. The van der Waals surface area contributed by atoms with Gasteiger partial charge in [0.05, 0.1) is 0 Å². The van der Waals surface area contributed by atoms with Gasteiger partial charge in [0.1, 0.15) is 0 Å². The summed E-state index contributed by atoms with van der Waals surface area (Å²) < 4.78 is 0. The summed E-state index contributed by atoms with van der Waals surface area (Å²) in [4.78, 5) is 32.0. The Labute approximate surface area is 141 Å². The molecule has 0 bridgehead atoms. The van der Waals surface area contributed by atoms with Gasteiger partial charge >= 0.3 is 68.2 Å². The van der Waals surface area contributed by atoms with Crippen LogP contribution in [0.3, 0.4) is 0 Å². The number of hydrogen-bond acceptors (Lipinski definition) is 14. The minimum atomic E-state index is 0. The second-order valence-electron chi connectivity index (χ2n) is 0.298. The zero-order valence-electron chi connectivity index (χ0n) is 7.80. The first kappa shape index (κ1) is 57.3. The molecule has 6 N–H and O–H groups in total. The van der Waals surface area contributed by atoms with E-state index in [-0.39, 0.29) is 80.5 Å². The molecule has 0 heterocycles. The van der Waals surface area contributed by atoms with Crippen molar-refractivity contribution in [1.29, 1.82) is 0 Å². The summed E-state index contributed by atoms with van der Waals surface area (Å²) in [5.74, 6) is 0. The third-order valence-corrected chi connectivity index (χ3v) is 0. The van der Waals surface area contributed by atoms with Crippen molar-refractivity contribution in [3.05, 3.63) is 40.5 Å². The van der Waals surface area contributed by atoms with Gasteiger partial charge in [-0.3, -0.25) is 0 Å². The largest absolute Gasteiger partial charge is 3.00 e. The van der Waals surface area contributed by atoms with Gasteiger partial charge in [-0.2, -0.15) is 0 Å². The van der Waals surface area contributed by atoms with Gasteiger partial charge in [-0.1, -0.05) is 0 Å². The van der Waals surface area contributed by atoms with Crippen molar-refractivity contribution in [1.82, 2.24) is 12.3 Å². The fourth-order valence-electron chi connectivity index (χ4n) is 0. The van der Waals surface area contributed by atoms with Crippen molar-refractivity contribution in [2.45, 2.75) is 0 Å². The molecule has 0 fully saturated rings. The first-order valence-electron chi connectivity index (χ1n) is 1.46. The molecule has 0 spiro atoms. The molecule has 0 saturated carbocycles. The van der Waals surface area contributed by atoms with E-state index in [0.29, 0.717) is 0 Å². The Morgan fingerprint density at radius 3 is 0.562 bits per heavy atom. The van der Waals surface area contributed by atoms with E-state index in [4.69, 9.17) is 40.5 Å².